The fourth-order valence-electron chi connectivity index (χ4n) is 2.27. The van der Waals surface area contributed by atoms with Gasteiger partial charge in [0, 0.05) is 12.2 Å². The van der Waals surface area contributed by atoms with Crippen LogP contribution in [0.1, 0.15) is 12.5 Å². The predicted molar refractivity (Wildman–Crippen MR) is 90.8 cm³/mol. The maximum atomic E-state index is 12.4. The number of amides is 2. The van der Waals surface area contributed by atoms with Crippen molar-refractivity contribution in [1.29, 1.82) is 0 Å². The van der Waals surface area contributed by atoms with E-state index in [-0.39, 0.29) is 0 Å². The third-order valence-corrected chi connectivity index (χ3v) is 3.43. The molecule has 23 heavy (non-hydrogen) atoms. The third-order valence-electron chi connectivity index (χ3n) is 3.43. The molecule has 0 saturated carbocycles. The van der Waals surface area contributed by atoms with E-state index in [2.05, 4.69) is 5.32 Å². The van der Waals surface area contributed by atoms with Gasteiger partial charge in [-0.1, -0.05) is 24.3 Å². The van der Waals surface area contributed by atoms with E-state index in [1.54, 1.807) is 24.3 Å². The summed E-state index contributed by atoms with van der Waals surface area (Å²) in [6.45, 7) is 4.13. The number of hydrogen-bond donors (Lipinski definition) is 1. The monoisotopic (exact) mass is 312 g/mol. The Kier molecular flexibility index (Phi) is 5.36. The van der Waals surface area contributed by atoms with Crippen LogP contribution >= 0.6 is 0 Å². The van der Waals surface area contributed by atoms with Crippen LogP contribution in [0.2, 0.25) is 0 Å². The summed E-state index contributed by atoms with van der Waals surface area (Å²) in [5.74, 6) is -0.790. The minimum atomic E-state index is -0.695. The van der Waals surface area contributed by atoms with Crippen LogP contribution in [-0.2, 0) is 9.59 Å². The number of likely N-dealkylation sites (N-methyl/N-ethyl adjacent to an activating group) is 1. The van der Waals surface area contributed by atoms with E-state index in [4.69, 9.17) is 4.74 Å². The van der Waals surface area contributed by atoms with Crippen LogP contribution in [0, 0.1) is 6.92 Å². The van der Waals surface area contributed by atoms with Gasteiger partial charge in [-0.3, -0.25) is 9.59 Å². The second kappa shape index (κ2) is 7.45. The Balaban J connectivity index is 2.20. The molecule has 2 amide bonds. The summed E-state index contributed by atoms with van der Waals surface area (Å²) in [4.78, 5) is 26.2. The van der Waals surface area contributed by atoms with E-state index >= 15 is 0 Å². The summed E-state index contributed by atoms with van der Waals surface area (Å²) in [5, 5.41) is 2.63. The number of para-hydroxylation sites is 1. The number of aryl methyl sites for hydroxylation is 1. The minimum absolute atomic E-state index is 0.404. The van der Waals surface area contributed by atoms with E-state index in [0.29, 0.717) is 23.7 Å². The summed E-state index contributed by atoms with van der Waals surface area (Å²) in [5.41, 5.74) is 2.13. The van der Waals surface area contributed by atoms with Crippen molar-refractivity contribution < 1.29 is 14.3 Å². The highest BCUT2D eigenvalue weighted by molar-refractivity contribution is 6.44. The lowest BCUT2D eigenvalue weighted by Gasteiger charge is -2.20. The van der Waals surface area contributed by atoms with Gasteiger partial charge in [-0.2, -0.15) is 0 Å². The Bertz CT molecular complexity index is 699. The Hall–Kier alpha value is -2.82. The van der Waals surface area contributed by atoms with Crippen molar-refractivity contribution in [3.63, 3.8) is 0 Å². The lowest BCUT2D eigenvalue weighted by Crippen LogP contribution is -2.39. The third kappa shape index (κ3) is 3.88. The molecule has 0 unspecified atom stereocenters. The highest BCUT2D eigenvalue weighted by atomic mass is 16.5. The zero-order valence-electron chi connectivity index (χ0n) is 13.5. The fraction of sp³-hybridized carbons (Fsp3) is 0.222. The molecule has 120 valence electrons. The van der Waals surface area contributed by atoms with Gasteiger partial charge in [0.25, 0.3) is 0 Å². The van der Waals surface area contributed by atoms with Gasteiger partial charge < -0.3 is 15.0 Å². The molecule has 0 spiro atoms. The summed E-state index contributed by atoms with van der Waals surface area (Å²) in [7, 11) is 1.52. The average Bonchev–Trinajstić information content (AvgIpc) is 2.56. The van der Waals surface area contributed by atoms with Crippen LogP contribution in [0.15, 0.2) is 48.5 Å². The van der Waals surface area contributed by atoms with E-state index in [1.165, 1.54) is 12.0 Å². The van der Waals surface area contributed by atoms with Gasteiger partial charge >= 0.3 is 11.8 Å². The van der Waals surface area contributed by atoms with Gasteiger partial charge in [-0.05, 0) is 43.7 Å². The lowest BCUT2D eigenvalue weighted by atomic mass is 10.2. The molecule has 2 aromatic rings. The first-order chi connectivity index (χ1) is 11.1. The zero-order valence-corrected chi connectivity index (χ0v) is 13.5. The van der Waals surface area contributed by atoms with Crippen LogP contribution in [0.5, 0.6) is 5.75 Å². The number of methoxy groups -OCH3 is 1. The first-order valence-corrected chi connectivity index (χ1v) is 7.39. The van der Waals surface area contributed by atoms with Crippen molar-refractivity contribution >= 4 is 23.2 Å². The van der Waals surface area contributed by atoms with Crippen LogP contribution in [-0.4, -0.2) is 25.5 Å². The van der Waals surface area contributed by atoms with Crippen molar-refractivity contribution in [3.05, 3.63) is 54.1 Å². The minimum Gasteiger partial charge on any atom is -0.495 e. The van der Waals surface area contributed by atoms with Gasteiger partial charge in [0.15, 0.2) is 0 Å². The molecule has 0 fully saturated rings. The van der Waals surface area contributed by atoms with Crippen LogP contribution < -0.4 is 15.0 Å². The summed E-state index contributed by atoms with van der Waals surface area (Å²) < 4.78 is 5.21. The molecule has 0 atom stereocenters. The molecule has 5 nitrogen and oxygen atoms in total. The number of carbonyl (C=O) groups excluding carboxylic acids is 2. The number of carbonyl (C=O) groups is 2. The van der Waals surface area contributed by atoms with Gasteiger partial charge in [0.2, 0.25) is 0 Å². The number of hydrogen-bond acceptors (Lipinski definition) is 3. The molecule has 5 heteroatoms. The molecule has 2 rings (SSSR count). The first-order valence-electron chi connectivity index (χ1n) is 7.39. The average molecular weight is 312 g/mol. The predicted octanol–water partition coefficient (Wildman–Crippen LogP) is 3.00. The Morgan fingerprint density at radius 3 is 2.43 bits per heavy atom. The first kappa shape index (κ1) is 16.5. The molecule has 0 aliphatic carbocycles. The molecule has 2 aromatic carbocycles. The Morgan fingerprint density at radius 2 is 1.83 bits per heavy atom. The molecule has 0 aromatic heterocycles. The maximum absolute atomic E-state index is 12.4. The smallest absolute Gasteiger partial charge is 0.316 e. The molecule has 1 N–H and O–H groups in total. The number of benzene rings is 2. The van der Waals surface area contributed by atoms with Gasteiger partial charge in [-0.25, -0.2) is 0 Å². The molecular formula is C18H20N2O3. The van der Waals surface area contributed by atoms with Crippen molar-refractivity contribution in [2.75, 3.05) is 23.9 Å². The maximum Gasteiger partial charge on any atom is 0.316 e. The Morgan fingerprint density at radius 1 is 1.13 bits per heavy atom. The highest BCUT2D eigenvalue weighted by Crippen LogP contribution is 2.25. The number of ether oxygens (including phenoxy) is 1. The number of nitrogens with zero attached hydrogens (tertiary/aromatic N) is 1. The Labute approximate surface area is 135 Å². The van der Waals surface area contributed by atoms with Crippen molar-refractivity contribution in [3.8, 4) is 5.75 Å². The topological polar surface area (TPSA) is 58.6 Å². The van der Waals surface area contributed by atoms with Gasteiger partial charge in [0.1, 0.15) is 5.75 Å². The number of anilines is 2. The standard InChI is InChI=1S/C18H20N2O3/c1-4-20(14-8-6-5-7-9-14)18(22)17(21)19-15-12-13(2)10-11-16(15)23-3/h5-12H,4H2,1-3H3,(H,19,21). The largest absolute Gasteiger partial charge is 0.495 e. The SMILES string of the molecule is CCN(C(=O)C(=O)Nc1cc(C)ccc1OC)c1ccccc1. The zero-order chi connectivity index (χ0) is 16.8. The quantitative estimate of drug-likeness (QED) is 0.883. The lowest BCUT2D eigenvalue weighted by molar-refractivity contribution is -0.134. The van der Waals surface area contributed by atoms with Crippen molar-refractivity contribution in [2.45, 2.75) is 13.8 Å². The van der Waals surface area contributed by atoms with E-state index in [9.17, 15) is 9.59 Å². The second-order valence-electron chi connectivity index (χ2n) is 5.04. The normalized spacial score (nSPS) is 10.0. The summed E-state index contributed by atoms with van der Waals surface area (Å²) in [6.07, 6.45) is 0. The van der Waals surface area contributed by atoms with Crippen LogP contribution in [0.25, 0.3) is 0 Å². The molecule has 0 bridgehead atoms. The molecule has 0 radical (unpaired) electrons. The second-order valence-corrected chi connectivity index (χ2v) is 5.04. The molecule has 0 saturated heterocycles. The van der Waals surface area contributed by atoms with Gasteiger partial charge in [-0.15, -0.1) is 0 Å². The number of nitrogens with one attached hydrogen (secondary N) is 1. The van der Waals surface area contributed by atoms with E-state index < -0.39 is 11.8 Å². The fourth-order valence-corrected chi connectivity index (χ4v) is 2.27. The molecular weight excluding hydrogens is 292 g/mol. The molecule has 0 aliphatic rings. The van der Waals surface area contributed by atoms with Crippen LogP contribution in [0.3, 0.4) is 0 Å². The van der Waals surface area contributed by atoms with E-state index in [0.717, 1.165) is 5.56 Å². The number of rotatable bonds is 4. The summed E-state index contributed by atoms with van der Waals surface area (Å²) >= 11 is 0. The summed E-state index contributed by atoms with van der Waals surface area (Å²) in [6, 6.07) is 14.5. The van der Waals surface area contributed by atoms with Crippen molar-refractivity contribution in [2.24, 2.45) is 0 Å². The van der Waals surface area contributed by atoms with Crippen molar-refractivity contribution in [1.82, 2.24) is 0 Å². The van der Waals surface area contributed by atoms with Gasteiger partial charge in [0.05, 0.1) is 12.8 Å². The highest BCUT2D eigenvalue weighted by Gasteiger charge is 2.23. The van der Waals surface area contributed by atoms with E-state index in [1.807, 2.05) is 38.1 Å². The molecule has 0 heterocycles. The van der Waals surface area contributed by atoms with Crippen LogP contribution in [0.4, 0.5) is 11.4 Å². The molecule has 0 aliphatic heterocycles.